The highest BCUT2D eigenvalue weighted by atomic mass is 35.5. The molecule has 2 unspecified atom stereocenters. The Balaban J connectivity index is 2.21. The summed E-state index contributed by atoms with van der Waals surface area (Å²) < 4.78 is 1.66. The van der Waals surface area contributed by atoms with E-state index in [-0.39, 0.29) is 11.9 Å². The third-order valence-corrected chi connectivity index (χ3v) is 3.73. The van der Waals surface area contributed by atoms with Crippen LogP contribution in [0, 0.1) is 5.92 Å². The van der Waals surface area contributed by atoms with Gasteiger partial charge < -0.3 is 14.6 Å². The monoisotopic (exact) mass is 270 g/mol. The second-order valence-electron chi connectivity index (χ2n) is 4.63. The normalized spacial score (nSPS) is 23.4. The molecule has 5 nitrogen and oxygen atoms in total. The van der Waals surface area contributed by atoms with Crippen LogP contribution in [0.2, 0.25) is 5.02 Å². The quantitative estimate of drug-likeness (QED) is 0.888. The van der Waals surface area contributed by atoms with Gasteiger partial charge in [-0.25, -0.2) is 0 Å². The van der Waals surface area contributed by atoms with Crippen LogP contribution in [0.3, 0.4) is 0 Å². The van der Waals surface area contributed by atoms with Crippen LogP contribution in [-0.2, 0) is 11.8 Å². The van der Waals surface area contributed by atoms with Gasteiger partial charge in [-0.2, -0.15) is 0 Å². The van der Waals surface area contributed by atoms with Gasteiger partial charge in [0.1, 0.15) is 5.69 Å². The van der Waals surface area contributed by atoms with E-state index >= 15 is 0 Å². The number of carboxylic acids is 1. The van der Waals surface area contributed by atoms with Crippen molar-refractivity contribution in [3.63, 3.8) is 0 Å². The molecular formula is C12H15ClN2O3. The van der Waals surface area contributed by atoms with Gasteiger partial charge in [0.15, 0.2) is 0 Å². The molecule has 0 spiro atoms. The minimum absolute atomic E-state index is 0.166. The molecule has 2 atom stereocenters. The first kappa shape index (κ1) is 13.0. The maximum absolute atomic E-state index is 12.3. The van der Waals surface area contributed by atoms with E-state index in [1.807, 2.05) is 0 Å². The van der Waals surface area contributed by atoms with E-state index in [4.69, 9.17) is 16.7 Å². The molecular weight excluding hydrogens is 256 g/mol. The molecule has 18 heavy (non-hydrogen) atoms. The maximum atomic E-state index is 12.3. The first-order valence-electron chi connectivity index (χ1n) is 5.77. The summed E-state index contributed by atoms with van der Waals surface area (Å²) in [6, 6.07) is 1.31. The molecule has 1 fully saturated rings. The molecule has 0 radical (unpaired) electrons. The molecule has 98 valence electrons. The Kier molecular flexibility index (Phi) is 3.34. The molecule has 2 heterocycles. The van der Waals surface area contributed by atoms with Gasteiger partial charge in [0.2, 0.25) is 0 Å². The van der Waals surface area contributed by atoms with Gasteiger partial charge in [-0.3, -0.25) is 9.59 Å². The number of carboxylic acid groups (broad SMARTS) is 1. The third kappa shape index (κ3) is 2.10. The van der Waals surface area contributed by atoms with Crippen molar-refractivity contribution in [1.29, 1.82) is 0 Å². The van der Waals surface area contributed by atoms with E-state index in [2.05, 4.69) is 0 Å². The zero-order chi connectivity index (χ0) is 13.4. The van der Waals surface area contributed by atoms with Crippen molar-refractivity contribution in [2.75, 3.05) is 6.54 Å². The lowest BCUT2D eigenvalue weighted by Crippen LogP contribution is -2.38. The van der Waals surface area contributed by atoms with E-state index in [0.717, 1.165) is 0 Å². The first-order chi connectivity index (χ1) is 8.41. The van der Waals surface area contributed by atoms with E-state index < -0.39 is 11.9 Å². The summed E-state index contributed by atoms with van der Waals surface area (Å²) in [5, 5.41) is 9.55. The van der Waals surface area contributed by atoms with Crippen LogP contribution in [0.25, 0.3) is 0 Å². The Hall–Kier alpha value is -1.49. The lowest BCUT2D eigenvalue weighted by molar-refractivity contribution is -0.142. The molecule has 0 aromatic carbocycles. The largest absolute Gasteiger partial charge is 0.481 e. The highest BCUT2D eigenvalue weighted by Crippen LogP contribution is 2.26. The first-order valence-corrected chi connectivity index (χ1v) is 6.15. The second kappa shape index (κ2) is 4.65. The number of likely N-dealkylation sites (tertiary alicyclic amines) is 1. The Morgan fingerprint density at radius 1 is 1.50 bits per heavy atom. The zero-order valence-electron chi connectivity index (χ0n) is 10.3. The van der Waals surface area contributed by atoms with E-state index in [1.165, 1.54) is 0 Å². The van der Waals surface area contributed by atoms with Crippen LogP contribution in [0.4, 0.5) is 0 Å². The summed E-state index contributed by atoms with van der Waals surface area (Å²) in [5.74, 6) is -1.49. The highest BCUT2D eigenvalue weighted by Gasteiger charge is 2.38. The van der Waals surface area contributed by atoms with Crippen molar-refractivity contribution >= 4 is 23.5 Å². The number of carbonyl (C=O) groups excluding carboxylic acids is 1. The fraction of sp³-hybridized carbons (Fsp3) is 0.500. The number of aryl methyl sites for hydroxylation is 1. The number of aliphatic carboxylic acids is 1. The SMILES string of the molecule is CC1C(C(=O)O)CCN1C(=O)c1cc(Cl)cn1C. The van der Waals surface area contributed by atoms with Gasteiger partial charge in [0.05, 0.1) is 10.9 Å². The zero-order valence-corrected chi connectivity index (χ0v) is 11.0. The number of halogens is 1. The topological polar surface area (TPSA) is 62.5 Å². The standard InChI is InChI=1S/C12H15ClN2O3/c1-7-9(12(17)18)3-4-15(7)11(16)10-5-8(13)6-14(10)2/h5-7,9H,3-4H2,1-2H3,(H,17,18). The van der Waals surface area contributed by atoms with Crippen molar-refractivity contribution in [3.8, 4) is 0 Å². The summed E-state index contributed by atoms with van der Waals surface area (Å²) in [6.07, 6.45) is 2.16. The van der Waals surface area contributed by atoms with Gasteiger partial charge in [-0.1, -0.05) is 11.6 Å². The van der Waals surface area contributed by atoms with Gasteiger partial charge in [-0.15, -0.1) is 0 Å². The van der Waals surface area contributed by atoms with E-state index in [9.17, 15) is 9.59 Å². The number of amides is 1. The van der Waals surface area contributed by atoms with E-state index in [1.54, 1.807) is 35.7 Å². The van der Waals surface area contributed by atoms with Crippen LogP contribution in [0.5, 0.6) is 0 Å². The molecule has 1 saturated heterocycles. The molecule has 1 aliphatic heterocycles. The summed E-state index contributed by atoms with van der Waals surface area (Å²) in [4.78, 5) is 24.9. The van der Waals surface area contributed by atoms with Crippen molar-refractivity contribution in [3.05, 3.63) is 23.0 Å². The number of hydrogen-bond donors (Lipinski definition) is 1. The van der Waals surface area contributed by atoms with Crippen LogP contribution in [-0.4, -0.2) is 39.0 Å². The fourth-order valence-corrected chi connectivity index (χ4v) is 2.69. The second-order valence-corrected chi connectivity index (χ2v) is 5.06. The lowest BCUT2D eigenvalue weighted by atomic mass is 10.0. The predicted molar refractivity (Wildman–Crippen MR) is 66.7 cm³/mol. The molecule has 6 heteroatoms. The molecule has 1 aromatic rings. The molecule has 0 saturated carbocycles. The summed E-state index contributed by atoms with van der Waals surface area (Å²) >= 11 is 5.85. The lowest BCUT2D eigenvalue weighted by Gasteiger charge is -2.23. The number of carbonyl (C=O) groups is 2. The van der Waals surface area contributed by atoms with Crippen LogP contribution in [0.15, 0.2) is 12.3 Å². The fourth-order valence-electron chi connectivity index (χ4n) is 2.44. The number of rotatable bonds is 2. The maximum Gasteiger partial charge on any atom is 0.308 e. The number of hydrogen-bond acceptors (Lipinski definition) is 2. The van der Waals surface area contributed by atoms with Crippen LogP contribution >= 0.6 is 11.6 Å². The summed E-state index contributed by atoms with van der Waals surface area (Å²) in [6.45, 7) is 2.24. The highest BCUT2D eigenvalue weighted by molar-refractivity contribution is 6.31. The average molecular weight is 271 g/mol. The average Bonchev–Trinajstić information content (AvgIpc) is 2.81. The van der Waals surface area contributed by atoms with Crippen molar-refractivity contribution in [2.24, 2.45) is 13.0 Å². The van der Waals surface area contributed by atoms with Crippen molar-refractivity contribution < 1.29 is 14.7 Å². The number of nitrogens with zero attached hydrogens (tertiary/aromatic N) is 2. The predicted octanol–water partition coefficient (Wildman–Crippen LogP) is 1.61. The van der Waals surface area contributed by atoms with Crippen molar-refractivity contribution in [2.45, 2.75) is 19.4 Å². The van der Waals surface area contributed by atoms with Gasteiger partial charge in [0.25, 0.3) is 5.91 Å². The van der Waals surface area contributed by atoms with Gasteiger partial charge >= 0.3 is 5.97 Å². The van der Waals surface area contributed by atoms with Gasteiger partial charge in [0, 0.05) is 25.8 Å². The van der Waals surface area contributed by atoms with Crippen molar-refractivity contribution in [1.82, 2.24) is 9.47 Å². The Labute approximate surface area is 110 Å². The molecule has 0 bridgehead atoms. The molecule has 1 N–H and O–H groups in total. The number of aromatic nitrogens is 1. The molecule has 1 aliphatic rings. The molecule has 0 aliphatic carbocycles. The minimum Gasteiger partial charge on any atom is -0.481 e. The summed E-state index contributed by atoms with van der Waals surface area (Å²) in [5.41, 5.74) is 0.484. The van der Waals surface area contributed by atoms with Crippen LogP contribution < -0.4 is 0 Å². The minimum atomic E-state index is -0.845. The third-order valence-electron chi connectivity index (χ3n) is 3.52. The van der Waals surface area contributed by atoms with Gasteiger partial charge in [-0.05, 0) is 19.4 Å². The molecule has 2 rings (SSSR count). The Morgan fingerprint density at radius 3 is 2.61 bits per heavy atom. The van der Waals surface area contributed by atoms with E-state index in [0.29, 0.717) is 23.7 Å². The molecule has 1 amide bonds. The Bertz CT molecular complexity index is 498. The van der Waals surface area contributed by atoms with Crippen LogP contribution in [0.1, 0.15) is 23.8 Å². The smallest absolute Gasteiger partial charge is 0.308 e. The molecule has 1 aromatic heterocycles. The Morgan fingerprint density at radius 2 is 2.17 bits per heavy atom. The summed E-state index contributed by atoms with van der Waals surface area (Å²) in [7, 11) is 1.74.